The van der Waals surface area contributed by atoms with Crippen molar-refractivity contribution in [3.8, 4) is 17.0 Å². The number of aryl methyl sites for hydroxylation is 1. The maximum Gasteiger partial charge on any atom is 0.120 e. The molecule has 24 heavy (non-hydrogen) atoms. The van der Waals surface area contributed by atoms with Crippen LogP contribution in [0, 0.1) is 0 Å². The first kappa shape index (κ1) is 13.6. The van der Waals surface area contributed by atoms with Gasteiger partial charge in [0.25, 0.3) is 0 Å². The third-order valence-electron chi connectivity index (χ3n) is 4.81. The highest BCUT2D eigenvalue weighted by Gasteiger charge is 2.19. The fourth-order valence-electron chi connectivity index (χ4n) is 3.24. The monoisotopic (exact) mass is 318 g/mol. The summed E-state index contributed by atoms with van der Waals surface area (Å²) < 4.78 is 7.84. The number of H-pyrrole nitrogens is 1. The summed E-state index contributed by atoms with van der Waals surface area (Å²) in [7, 11) is 1.91. The lowest BCUT2D eigenvalue weighted by Gasteiger charge is -2.26. The SMILES string of the molecule is Cn1cc(-c2cc3c(cn2)[nH]c2ccc(OC4CCC4)cc23)cn1. The maximum absolute atomic E-state index is 6.05. The normalized spacial score (nSPS) is 15.0. The second-order valence-corrected chi connectivity index (χ2v) is 6.52. The molecule has 0 unspecified atom stereocenters. The number of rotatable bonds is 3. The van der Waals surface area contributed by atoms with Crippen molar-refractivity contribution < 1.29 is 4.74 Å². The molecule has 5 rings (SSSR count). The minimum Gasteiger partial charge on any atom is -0.490 e. The van der Waals surface area contributed by atoms with Gasteiger partial charge in [0.15, 0.2) is 0 Å². The Bertz CT molecular complexity index is 1040. The summed E-state index contributed by atoms with van der Waals surface area (Å²) in [6.45, 7) is 0. The molecule has 0 saturated heterocycles. The predicted octanol–water partition coefficient (Wildman–Crippen LogP) is 4.05. The Morgan fingerprint density at radius 2 is 2.00 bits per heavy atom. The van der Waals surface area contributed by atoms with Crippen molar-refractivity contribution in [3.05, 3.63) is 42.9 Å². The molecule has 0 atom stereocenters. The van der Waals surface area contributed by atoms with Crippen molar-refractivity contribution in [2.24, 2.45) is 7.05 Å². The van der Waals surface area contributed by atoms with E-state index in [0.717, 1.165) is 33.4 Å². The summed E-state index contributed by atoms with van der Waals surface area (Å²) in [5.74, 6) is 0.952. The third kappa shape index (κ3) is 2.16. The number of benzene rings is 1. The summed E-state index contributed by atoms with van der Waals surface area (Å²) in [5.41, 5.74) is 4.10. The Kier molecular flexibility index (Phi) is 2.89. The lowest BCUT2D eigenvalue weighted by atomic mass is 9.96. The fraction of sp³-hybridized carbons (Fsp3) is 0.263. The van der Waals surface area contributed by atoms with Crippen LogP contribution in [0.5, 0.6) is 5.75 Å². The molecule has 4 aromatic rings. The molecule has 5 heteroatoms. The number of aromatic amines is 1. The van der Waals surface area contributed by atoms with E-state index in [2.05, 4.69) is 33.3 Å². The molecule has 0 amide bonds. The van der Waals surface area contributed by atoms with E-state index in [9.17, 15) is 0 Å². The van der Waals surface area contributed by atoms with Crippen LogP contribution in [0.15, 0.2) is 42.9 Å². The Hall–Kier alpha value is -2.82. The van der Waals surface area contributed by atoms with Gasteiger partial charge in [-0.2, -0.15) is 5.10 Å². The standard InChI is InChI=1S/C19H18N4O/c1-23-11-12(9-21-23)18-8-16-15-7-14(24-13-3-2-4-13)5-6-17(15)22-19(16)10-20-18/h5-11,13,22H,2-4H2,1H3. The van der Waals surface area contributed by atoms with Gasteiger partial charge in [-0.25, -0.2) is 0 Å². The number of hydrogen-bond acceptors (Lipinski definition) is 3. The zero-order valence-corrected chi connectivity index (χ0v) is 13.5. The highest BCUT2D eigenvalue weighted by molar-refractivity contribution is 6.08. The summed E-state index contributed by atoms with van der Waals surface area (Å²) in [6.07, 6.45) is 9.72. The molecule has 1 aliphatic rings. The van der Waals surface area contributed by atoms with E-state index in [1.165, 1.54) is 24.6 Å². The molecule has 1 fully saturated rings. The second kappa shape index (κ2) is 5.09. The van der Waals surface area contributed by atoms with Crippen molar-refractivity contribution >= 4 is 21.8 Å². The maximum atomic E-state index is 6.05. The zero-order valence-electron chi connectivity index (χ0n) is 13.5. The van der Waals surface area contributed by atoms with Gasteiger partial charge < -0.3 is 9.72 Å². The Labute approximate surface area is 139 Å². The van der Waals surface area contributed by atoms with E-state index in [0.29, 0.717) is 6.10 Å². The first-order valence-electron chi connectivity index (χ1n) is 8.33. The highest BCUT2D eigenvalue weighted by Crippen LogP contribution is 2.32. The second-order valence-electron chi connectivity index (χ2n) is 6.52. The van der Waals surface area contributed by atoms with Gasteiger partial charge in [-0.3, -0.25) is 9.67 Å². The number of aromatic nitrogens is 4. The summed E-state index contributed by atoms with van der Waals surface area (Å²) in [4.78, 5) is 7.99. The highest BCUT2D eigenvalue weighted by atomic mass is 16.5. The molecule has 1 aromatic carbocycles. The quantitative estimate of drug-likeness (QED) is 0.620. The van der Waals surface area contributed by atoms with Crippen LogP contribution in [0.1, 0.15) is 19.3 Å². The van der Waals surface area contributed by atoms with Crippen LogP contribution in [0.3, 0.4) is 0 Å². The molecular formula is C19H18N4O. The van der Waals surface area contributed by atoms with Crippen LogP contribution in [0.4, 0.5) is 0 Å². The van der Waals surface area contributed by atoms with E-state index >= 15 is 0 Å². The van der Waals surface area contributed by atoms with Crippen LogP contribution >= 0.6 is 0 Å². The van der Waals surface area contributed by atoms with Gasteiger partial charge in [-0.05, 0) is 43.5 Å². The van der Waals surface area contributed by atoms with Gasteiger partial charge in [0.1, 0.15) is 5.75 Å². The average molecular weight is 318 g/mol. The first-order chi connectivity index (χ1) is 11.8. The zero-order chi connectivity index (χ0) is 16.1. The van der Waals surface area contributed by atoms with E-state index in [-0.39, 0.29) is 0 Å². The molecule has 0 aliphatic heterocycles. The van der Waals surface area contributed by atoms with Gasteiger partial charge in [0.2, 0.25) is 0 Å². The number of nitrogens with one attached hydrogen (secondary N) is 1. The van der Waals surface area contributed by atoms with Crippen molar-refractivity contribution in [2.45, 2.75) is 25.4 Å². The number of nitrogens with zero attached hydrogens (tertiary/aromatic N) is 3. The van der Waals surface area contributed by atoms with Gasteiger partial charge in [-0.15, -0.1) is 0 Å². The summed E-state index contributed by atoms with van der Waals surface area (Å²) in [6, 6.07) is 8.40. The van der Waals surface area contributed by atoms with Gasteiger partial charge in [0.05, 0.1) is 29.7 Å². The first-order valence-corrected chi connectivity index (χ1v) is 8.33. The molecule has 5 nitrogen and oxygen atoms in total. The summed E-state index contributed by atoms with van der Waals surface area (Å²) in [5, 5.41) is 6.57. The lowest BCUT2D eigenvalue weighted by molar-refractivity contribution is 0.120. The molecule has 0 spiro atoms. The number of fused-ring (bicyclic) bond motifs is 3. The molecule has 0 bridgehead atoms. The van der Waals surface area contributed by atoms with Crippen LogP contribution in [-0.4, -0.2) is 25.9 Å². The van der Waals surface area contributed by atoms with E-state index in [1.54, 1.807) is 4.68 Å². The largest absolute Gasteiger partial charge is 0.490 e. The Balaban J connectivity index is 1.63. The fourth-order valence-corrected chi connectivity index (χ4v) is 3.24. The predicted molar refractivity (Wildman–Crippen MR) is 94.1 cm³/mol. The number of ether oxygens (including phenoxy) is 1. The van der Waals surface area contributed by atoms with Crippen molar-refractivity contribution in [1.29, 1.82) is 0 Å². The van der Waals surface area contributed by atoms with E-state index in [4.69, 9.17) is 4.74 Å². The Morgan fingerprint density at radius 3 is 2.75 bits per heavy atom. The minimum atomic E-state index is 0.389. The third-order valence-corrected chi connectivity index (χ3v) is 4.81. The van der Waals surface area contributed by atoms with E-state index in [1.807, 2.05) is 31.7 Å². The molecule has 3 heterocycles. The summed E-state index contributed by atoms with van der Waals surface area (Å²) >= 11 is 0. The van der Waals surface area contributed by atoms with Crippen LogP contribution < -0.4 is 4.74 Å². The molecule has 0 radical (unpaired) electrons. The van der Waals surface area contributed by atoms with E-state index < -0.39 is 0 Å². The van der Waals surface area contributed by atoms with Crippen LogP contribution in [-0.2, 0) is 7.05 Å². The van der Waals surface area contributed by atoms with Crippen molar-refractivity contribution in [3.63, 3.8) is 0 Å². The molecule has 1 aliphatic carbocycles. The van der Waals surface area contributed by atoms with Crippen molar-refractivity contribution in [1.82, 2.24) is 19.7 Å². The molecule has 120 valence electrons. The molecule has 1 N–H and O–H groups in total. The Morgan fingerprint density at radius 1 is 1.12 bits per heavy atom. The average Bonchev–Trinajstić information content (AvgIpc) is 3.13. The van der Waals surface area contributed by atoms with Crippen molar-refractivity contribution in [2.75, 3.05) is 0 Å². The van der Waals surface area contributed by atoms with Gasteiger partial charge >= 0.3 is 0 Å². The number of hydrogen-bond donors (Lipinski definition) is 1. The molecule has 1 saturated carbocycles. The molecule has 3 aromatic heterocycles. The molecular weight excluding hydrogens is 300 g/mol. The lowest BCUT2D eigenvalue weighted by Crippen LogP contribution is -2.24. The smallest absolute Gasteiger partial charge is 0.120 e. The van der Waals surface area contributed by atoms with Gasteiger partial charge in [-0.1, -0.05) is 0 Å². The van der Waals surface area contributed by atoms with Crippen LogP contribution in [0.25, 0.3) is 33.1 Å². The minimum absolute atomic E-state index is 0.389. The van der Waals surface area contributed by atoms with Crippen LogP contribution in [0.2, 0.25) is 0 Å². The topological polar surface area (TPSA) is 55.7 Å². The van der Waals surface area contributed by atoms with Gasteiger partial charge in [0, 0.05) is 35.1 Å². The number of pyridine rings is 1.